The van der Waals surface area contributed by atoms with Crippen molar-refractivity contribution in [3.63, 3.8) is 0 Å². The summed E-state index contributed by atoms with van der Waals surface area (Å²) in [5.41, 5.74) is -1.00. The van der Waals surface area contributed by atoms with E-state index < -0.39 is 46.9 Å². The third-order valence-corrected chi connectivity index (χ3v) is 5.79. The first-order chi connectivity index (χ1) is 13.4. The first-order valence-corrected chi connectivity index (χ1v) is 10.8. The predicted molar refractivity (Wildman–Crippen MR) is 103 cm³/mol. The van der Waals surface area contributed by atoms with E-state index in [0.717, 1.165) is 12.1 Å². The first-order valence-electron chi connectivity index (χ1n) is 7.53. The van der Waals surface area contributed by atoms with Crippen molar-refractivity contribution in [2.45, 2.75) is 9.79 Å². The number of hydrogen-bond donors (Lipinski definition) is 4. The van der Waals surface area contributed by atoms with Crippen molar-refractivity contribution in [2.24, 2.45) is 10.2 Å². The van der Waals surface area contributed by atoms with E-state index >= 15 is 0 Å². The average Bonchev–Trinajstić information content (AvgIpc) is 2.61. The number of aromatic hydroxyl groups is 2. The van der Waals surface area contributed by atoms with Crippen molar-refractivity contribution in [2.75, 3.05) is 0 Å². The number of halogens is 1. The third kappa shape index (κ3) is 4.16. The standard InChI is InChI=1S/C16H11ClN2O8S2/c17-9-4-5-11(20)10(7-9)18-19-15-13(29(25,26)27)6-8-2-1-3-12(28(22,23)24)14(8)16(15)21/h1-7,20-21H,(H,22,23,24)(H,25,26,27). The Labute approximate surface area is 169 Å². The van der Waals surface area contributed by atoms with Crippen LogP contribution in [-0.2, 0) is 20.2 Å². The van der Waals surface area contributed by atoms with Crippen molar-refractivity contribution in [1.29, 1.82) is 0 Å². The highest BCUT2D eigenvalue weighted by molar-refractivity contribution is 7.86. The molecule has 0 bridgehead atoms. The molecular formula is C16H11ClN2O8S2. The molecule has 0 radical (unpaired) electrons. The van der Waals surface area contributed by atoms with Gasteiger partial charge in [0, 0.05) is 10.4 Å². The molecule has 0 unspecified atom stereocenters. The summed E-state index contributed by atoms with van der Waals surface area (Å²) in [4.78, 5) is -1.59. The molecule has 0 atom stereocenters. The molecule has 0 saturated heterocycles. The van der Waals surface area contributed by atoms with Gasteiger partial charge in [-0.05, 0) is 35.7 Å². The molecule has 152 valence electrons. The van der Waals surface area contributed by atoms with Gasteiger partial charge in [-0.1, -0.05) is 23.7 Å². The van der Waals surface area contributed by atoms with Crippen LogP contribution in [0.1, 0.15) is 0 Å². The van der Waals surface area contributed by atoms with E-state index in [9.17, 15) is 36.2 Å². The Balaban J connectivity index is 2.39. The molecule has 3 aromatic rings. The van der Waals surface area contributed by atoms with Crippen LogP contribution in [0.5, 0.6) is 11.5 Å². The van der Waals surface area contributed by atoms with Gasteiger partial charge in [0.25, 0.3) is 20.2 Å². The van der Waals surface area contributed by atoms with E-state index in [1.165, 1.54) is 30.3 Å². The molecule has 0 amide bonds. The summed E-state index contributed by atoms with van der Waals surface area (Å²) < 4.78 is 65.7. The maximum atomic E-state index is 11.8. The van der Waals surface area contributed by atoms with Crippen LogP contribution in [0.4, 0.5) is 11.4 Å². The summed E-state index contributed by atoms with van der Waals surface area (Å²) in [5.74, 6) is -1.35. The van der Waals surface area contributed by atoms with Crippen molar-refractivity contribution in [3.05, 3.63) is 47.5 Å². The Morgan fingerprint density at radius 1 is 0.828 bits per heavy atom. The molecule has 13 heteroatoms. The molecule has 4 N–H and O–H groups in total. The lowest BCUT2D eigenvalue weighted by Gasteiger charge is -2.11. The van der Waals surface area contributed by atoms with Crippen LogP contribution in [0.25, 0.3) is 10.8 Å². The topological polar surface area (TPSA) is 174 Å². The van der Waals surface area contributed by atoms with Crippen LogP contribution < -0.4 is 0 Å². The quantitative estimate of drug-likeness (QED) is 0.337. The average molecular weight is 459 g/mol. The van der Waals surface area contributed by atoms with Gasteiger partial charge in [-0.3, -0.25) is 9.11 Å². The Bertz CT molecular complexity index is 1390. The molecule has 0 fully saturated rings. The Morgan fingerprint density at radius 2 is 1.48 bits per heavy atom. The van der Waals surface area contributed by atoms with Crippen LogP contribution in [0.3, 0.4) is 0 Å². The zero-order chi connectivity index (χ0) is 21.6. The summed E-state index contributed by atoms with van der Waals surface area (Å²) in [7, 11) is -9.73. The highest BCUT2D eigenvalue weighted by Crippen LogP contribution is 2.44. The number of fused-ring (bicyclic) bond motifs is 1. The molecule has 0 aliphatic heterocycles. The summed E-state index contributed by atoms with van der Waals surface area (Å²) in [6.07, 6.45) is 0. The van der Waals surface area contributed by atoms with E-state index in [1.807, 2.05) is 0 Å². The summed E-state index contributed by atoms with van der Waals surface area (Å²) in [6, 6.07) is 8.02. The Hall–Kier alpha value is -2.77. The van der Waals surface area contributed by atoms with Crippen LogP contribution in [0.15, 0.2) is 62.5 Å². The minimum absolute atomic E-state index is 0.116. The van der Waals surface area contributed by atoms with Crippen molar-refractivity contribution >= 4 is 54.0 Å². The molecule has 0 saturated carbocycles. The number of phenolic OH excluding ortho intramolecular Hbond substituents is 2. The Kier molecular flexibility index (Phi) is 5.23. The van der Waals surface area contributed by atoms with Crippen LogP contribution in [-0.4, -0.2) is 36.2 Å². The maximum absolute atomic E-state index is 11.8. The van der Waals surface area contributed by atoms with E-state index in [2.05, 4.69) is 10.2 Å². The molecule has 3 aromatic carbocycles. The van der Waals surface area contributed by atoms with Gasteiger partial charge in [-0.15, -0.1) is 10.2 Å². The number of nitrogens with zero attached hydrogens (tertiary/aromatic N) is 2. The van der Waals surface area contributed by atoms with Gasteiger partial charge in [0.1, 0.15) is 26.9 Å². The molecule has 0 heterocycles. The molecule has 29 heavy (non-hydrogen) atoms. The minimum Gasteiger partial charge on any atom is -0.506 e. The molecule has 0 spiro atoms. The fourth-order valence-electron chi connectivity index (χ4n) is 2.56. The number of azo groups is 1. The van der Waals surface area contributed by atoms with Gasteiger partial charge < -0.3 is 10.2 Å². The maximum Gasteiger partial charge on any atom is 0.296 e. The van der Waals surface area contributed by atoms with Gasteiger partial charge in [0.2, 0.25) is 0 Å². The minimum atomic E-state index is -4.93. The monoisotopic (exact) mass is 458 g/mol. The zero-order valence-electron chi connectivity index (χ0n) is 14.1. The number of hydrogen-bond acceptors (Lipinski definition) is 8. The number of phenols is 2. The second-order valence-corrected chi connectivity index (χ2v) is 8.93. The summed E-state index contributed by atoms with van der Waals surface area (Å²) >= 11 is 5.79. The molecular weight excluding hydrogens is 448 g/mol. The highest BCUT2D eigenvalue weighted by Gasteiger charge is 2.26. The van der Waals surface area contributed by atoms with Crippen molar-refractivity contribution in [3.8, 4) is 11.5 Å². The lowest BCUT2D eigenvalue weighted by Crippen LogP contribution is -2.02. The molecule has 0 aromatic heterocycles. The fraction of sp³-hybridized carbons (Fsp3) is 0. The molecule has 3 rings (SSSR count). The van der Waals surface area contributed by atoms with E-state index in [4.69, 9.17) is 11.6 Å². The summed E-state index contributed by atoms with van der Waals surface area (Å²) in [5, 5.41) is 27.1. The molecule has 0 aliphatic rings. The fourth-order valence-corrected chi connectivity index (χ4v) is 4.10. The molecule has 0 aliphatic carbocycles. The zero-order valence-corrected chi connectivity index (χ0v) is 16.4. The van der Waals surface area contributed by atoms with Gasteiger partial charge in [0.05, 0.1) is 0 Å². The lowest BCUT2D eigenvalue weighted by molar-refractivity contribution is 0.469. The third-order valence-electron chi connectivity index (χ3n) is 3.79. The van der Waals surface area contributed by atoms with Crippen molar-refractivity contribution in [1.82, 2.24) is 0 Å². The van der Waals surface area contributed by atoms with Gasteiger partial charge in [-0.25, -0.2) is 0 Å². The van der Waals surface area contributed by atoms with Gasteiger partial charge in [0.15, 0.2) is 5.75 Å². The summed E-state index contributed by atoms with van der Waals surface area (Å²) in [6.45, 7) is 0. The van der Waals surface area contributed by atoms with Crippen LogP contribution in [0, 0.1) is 0 Å². The van der Waals surface area contributed by atoms with Crippen LogP contribution >= 0.6 is 11.6 Å². The first kappa shape index (κ1) is 21.0. The molecule has 10 nitrogen and oxygen atoms in total. The Morgan fingerprint density at radius 3 is 2.10 bits per heavy atom. The largest absolute Gasteiger partial charge is 0.506 e. The second kappa shape index (κ2) is 7.24. The van der Waals surface area contributed by atoms with Crippen molar-refractivity contribution < 1.29 is 36.2 Å². The van der Waals surface area contributed by atoms with E-state index in [1.54, 1.807) is 0 Å². The van der Waals surface area contributed by atoms with Gasteiger partial charge in [-0.2, -0.15) is 16.8 Å². The normalized spacial score (nSPS) is 12.7. The number of benzene rings is 3. The van der Waals surface area contributed by atoms with Gasteiger partial charge >= 0.3 is 0 Å². The lowest BCUT2D eigenvalue weighted by atomic mass is 10.1. The van der Waals surface area contributed by atoms with E-state index in [-0.39, 0.29) is 21.8 Å². The van der Waals surface area contributed by atoms with Crippen LogP contribution in [0.2, 0.25) is 5.02 Å². The van der Waals surface area contributed by atoms with E-state index in [0.29, 0.717) is 0 Å². The smallest absolute Gasteiger partial charge is 0.296 e. The predicted octanol–water partition coefficient (Wildman–Crippen LogP) is 3.81. The second-order valence-electron chi connectivity index (χ2n) is 5.71. The SMILES string of the molecule is O=S(=O)(O)c1cc2cccc(S(=O)(=O)O)c2c(O)c1N=Nc1cc(Cl)ccc1O. The number of rotatable bonds is 4. The highest BCUT2D eigenvalue weighted by atomic mass is 35.5.